The van der Waals surface area contributed by atoms with Gasteiger partial charge in [-0.3, -0.25) is 0 Å². The standard InChI is InChI=1S/C19H26N2OS.ClH/c1-2-7-19-15(4-1)14(13-23-19)8-9-20-17-6-3-5-16(17)18-12-22-11-10-21-18;/h1-2,4,7,13,16-18,20-21H,3,5-6,8-12H2;1H. The van der Waals surface area contributed by atoms with E-state index >= 15 is 0 Å². The predicted molar refractivity (Wildman–Crippen MR) is 105 cm³/mol. The lowest BCUT2D eigenvalue weighted by Crippen LogP contribution is -2.51. The van der Waals surface area contributed by atoms with Crippen LogP contribution in [0.4, 0.5) is 0 Å². The first-order valence-electron chi connectivity index (χ1n) is 8.91. The van der Waals surface area contributed by atoms with E-state index in [9.17, 15) is 0 Å². The number of thiophene rings is 1. The molecule has 1 saturated carbocycles. The molecule has 1 saturated heterocycles. The van der Waals surface area contributed by atoms with Gasteiger partial charge in [0.25, 0.3) is 0 Å². The minimum Gasteiger partial charge on any atom is -0.379 e. The van der Waals surface area contributed by atoms with Gasteiger partial charge in [-0.15, -0.1) is 23.7 Å². The van der Waals surface area contributed by atoms with E-state index in [1.165, 1.54) is 34.9 Å². The Morgan fingerprint density at radius 1 is 1.25 bits per heavy atom. The van der Waals surface area contributed by atoms with Crippen molar-refractivity contribution in [3.05, 3.63) is 35.2 Å². The van der Waals surface area contributed by atoms with Crippen LogP contribution in [0.1, 0.15) is 24.8 Å². The van der Waals surface area contributed by atoms with Crippen molar-refractivity contribution in [2.75, 3.05) is 26.3 Å². The number of rotatable bonds is 5. The number of morpholine rings is 1. The van der Waals surface area contributed by atoms with Gasteiger partial charge in [0.1, 0.15) is 0 Å². The largest absolute Gasteiger partial charge is 0.379 e. The molecule has 5 heteroatoms. The number of benzene rings is 1. The quantitative estimate of drug-likeness (QED) is 0.848. The molecule has 4 rings (SSSR count). The maximum atomic E-state index is 5.67. The lowest BCUT2D eigenvalue weighted by Gasteiger charge is -2.33. The van der Waals surface area contributed by atoms with Gasteiger partial charge in [-0.1, -0.05) is 24.6 Å². The van der Waals surface area contributed by atoms with Gasteiger partial charge in [0.05, 0.1) is 13.2 Å². The van der Waals surface area contributed by atoms with E-state index in [0.717, 1.165) is 38.6 Å². The lowest BCUT2D eigenvalue weighted by molar-refractivity contribution is 0.0526. The van der Waals surface area contributed by atoms with Gasteiger partial charge in [-0.05, 0) is 54.1 Å². The summed E-state index contributed by atoms with van der Waals surface area (Å²) in [4.78, 5) is 0. The summed E-state index contributed by atoms with van der Waals surface area (Å²) in [6, 6.07) is 9.95. The third-order valence-corrected chi connectivity index (χ3v) is 6.41. The Morgan fingerprint density at radius 2 is 2.17 bits per heavy atom. The average molecular weight is 367 g/mol. The van der Waals surface area contributed by atoms with Crippen LogP contribution in [0.2, 0.25) is 0 Å². The molecule has 1 aliphatic carbocycles. The van der Waals surface area contributed by atoms with Crippen molar-refractivity contribution in [1.29, 1.82) is 0 Å². The zero-order chi connectivity index (χ0) is 15.5. The number of hydrogen-bond acceptors (Lipinski definition) is 4. The molecule has 0 radical (unpaired) electrons. The average Bonchev–Trinajstić information content (AvgIpc) is 3.23. The number of hydrogen-bond donors (Lipinski definition) is 2. The van der Waals surface area contributed by atoms with Crippen molar-refractivity contribution in [3.63, 3.8) is 0 Å². The summed E-state index contributed by atoms with van der Waals surface area (Å²) in [5, 5.41) is 11.3. The monoisotopic (exact) mass is 366 g/mol. The van der Waals surface area contributed by atoms with Crippen molar-refractivity contribution in [3.8, 4) is 0 Å². The molecule has 0 spiro atoms. The molecule has 2 fully saturated rings. The van der Waals surface area contributed by atoms with Crippen molar-refractivity contribution < 1.29 is 4.74 Å². The minimum atomic E-state index is 0. The van der Waals surface area contributed by atoms with Crippen LogP contribution in [0.15, 0.2) is 29.6 Å². The van der Waals surface area contributed by atoms with Crippen molar-refractivity contribution in [2.45, 2.75) is 37.8 Å². The second-order valence-electron chi connectivity index (χ2n) is 6.80. The molecule has 132 valence electrons. The highest BCUT2D eigenvalue weighted by atomic mass is 35.5. The summed E-state index contributed by atoms with van der Waals surface area (Å²) < 4.78 is 7.07. The fourth-order valence-electron chi connectivity index (χ4n) is 4.20. The number of ether oxygens (including phenoxy) is 1. The van der Waals surface area contributed by atoms with Crippen molar-refractivity contribution in [1.82, 2.24) is 10.6 Å². The third-order valence-electron chi connectivity index (χ3n) is 5.40. The zero-order valence-corrected chi connectivity index (χ0v) is 15.6. The first-order chi connectivity index (χ1) is 11.4. The van der Waals surface area contributed by atoms with Gasteiger partial charge < -0.3 is 15.4 Å². The normalized spacial score (nSPS) is 27.2. The third kappa shape index (κ3) is 3.94. The molecule has 3 unspecified atom stereocenters. The van der Waals surface area contributed by atoms with E-state index < -0.39 is 0 Å². The van der Waals surface area contributed by atoms with Crippen molar-refractivity contribution >= 4 is 33.8 Å². The Balaban J connectivity index is 0.00000169. The Labute approximate surface area is 154 Å². The summed E-state index contributed by atoms with van der Waals surface area (Å²) in [6.45, 7) is 3.84. The molecule has 2 N–H and O–H groups in total. The lowest BCUT2D eigenvalue weighted by atomic mass is 9.94. The first-order valence-corrected chi connectivity index (χ1v) is 9.79. The van der Waals surface area contributed by atoms with Crippen LogP contribution in [0, 0.1) is 5.92 Å². The summed E-state index contributed by atoms with van der Waals surface area (Å²) in [6.07, 6.45) is 5.12. The number of fused-ring (bicyclic) bond motifs is 1. The molecule has 2 aliphatic rings. The molecule has 0 bridgehead atoms. The van der Waals surface area contributed by atoms with Gasteiger partial charge in [-0.25, -0.2) is 0 Å². The molecular formula is C19H27ClN2OS. The van der Waals surface area contributed by atoms with Crippen LogP contribution in [0.3, 0.4) is 0 Å². The maximum absolute atomic E-state index is 5.67. The van der Waals surface area contributed by atoms with E-state index in [1.807, 2.05) is 11.3 Å². The fraction of sp³-hybridized carbons (Fsp3) is 0.579. The molecular weight excluding hydrogens is 340 g/mol. The van der Waals surface area contributed by atoms with E-state index in [2.05, 4.69) is 40.3 Å². The van der Waals surface area contributed by atoms with Gasteiger partial charge >= 0.3 is 0 Å². The van der Waals surface area contributed by atoms with E-state index in [4.69, 9.17) is 4.74 Å². The van der Waals surface area contributed by atoms with Crippen LogP contribution in [0.25, 0.3) is 10.1 Å². The maximum Gasteiger partial charge on any atom is 0.0623 e. The topological polar surface area (TPSA) is 33.3 Å². The molecule has 1 aromatic carbocycles. The number of halogens is 1. The Hall–Kier alpha value is -0.650. The highest BCUT2D eigenvalue weighted by Gasteiger charge is 2.34. The second kappa shape index (κ2) is 8.63. The zero-order valence-electron chi connectivity index (χ0n) is 14.0. The molecule has 2 heterocycles. The van der Waals surface area contributed by atoms with Crippen LogP contribution in [0.5, 0.6) is 0 Å². The SMILES string of the molecule is Cl.c1ccc2c(CCNC3CCCC3C3COCCN3)csc2c1. The Kier molecular flexibility index (Phi) is 6.53. The van der Waals surface area contributed by atoms with Crippen LogP contribution in [-0.2, 0) is 11.2 Å². The van der Waals surface area contributed by atoms with Gasteiger partial charge in [0, 0.05) is 23.3 Å². The predicted octanol–water partition coefficient (Wildman–Crippen LogP) is 3.61. The summed E-state index contributed by atoms with van der Waals surface area (Å²) in [7, 11) is 0. The van der Waals surface area contributed by atoms with Crippen LogP contribution < -0.4 is 10.6 Å². The van der Waals surface area contributed by atoms with Gasteiger partial charge in [0.15, 0.2) is 0 Å². The van der Waals surface area contributed by atoms with E-state index in [0.29, 0.717) is 12.1 Å². The second-order valence-corrected chi connectivity index (χ2v) is 7.71. The highest BCUT2D eigenvalue weighted by molar-refractivity contribution is 7.17. The van der Waals surface area contributed by atoms with E-state index in [1.54, 1.807) is 0 Å². The summed E-state index contributed by atoms with van der Waals surface area (Å²) >= 11 is 1.87. The van der Waals surface area contributed by atoms with Gasteiger partial charge in [-0.2, -0.15) is 0 Å². The molecule has 0 amide bonds. The fourth-order valence-corrected chi connectivity index (χ4v) is 5.20. The summed E-state index contributed by atoms with van der Waals surface area (Å²) in [5.41, 5.74) is 1.49. The number of nitrogens with one attached hydrogen (secondary N) is 2. The molecule has 2 aromatic rings. The molecule has 3 atom stereocenters. The van der Waals surface area contributed by atoms with Crippen LogP contribution >= 0.6 is 23.7 Å². The van der Waals surface area contributed by atoms with Crippen molar-refractivity contribution in [2.24, 2.45) is 5.92 Å². The first kappa shape index (κ1) is 18.2. The summed E-state index contributed by atoms with van der Waals surface area (Å²) in [5.74, 6) is 0.731. The minimum absolute atomic E-state index is 0. The Morgan fingerprint density at radius 3 is 3.04 bits per heavy atom. The molecule has 3 nitrogen and oxygen atoms in total. The van der Waals surface area contributed by atoms with Crippen LogP contribution in [-0.4, -0.2) is 38.4 Å². The molecule has 24 heavy (non-hydrogen) atoms. The molecule has 1 aromatic heterocycles. The smallest absolute Gasteiger partial charge is 0.0623 e. The molecule has 1 aliphatic heterocycles. The van der Waals surface area contributed by atoms with E-state index in [-0.39, 0.29) is 12.4 Å². The van der Waals surface area contributed by atoms with Gasteiger partial charge in [0.2, 0.25) is 0 Å². The highest BCUT2D eigenvalue weighted by Crippen LogP contribution is 2.30. The Bertz CT molecular complexity index is 641.